The molecule has 0 aromatic heterocycles. The van der Waals surface area contributed by atoms with Crippen LogP contribution in [-0.4, -0.2) is 31.5 Å². The highest BCUT2D eigenvalue weighted by Gasteiger charge is 2.13. The third-order valence-electron chi connectivity index (χ3n) is 4.05. The number of hydrogen-bond donors (Lipinski definition) is 2. The van der Waals surface area contributed by atoms with E-state index in [-0.39, 0.29) is 5.56 Å². The maximum atomic E-state index is 12.2. The molecule has 0 atom stereocenters. The van der Waals surface area contributed by atoms with Crippen LogP contribution in [0.1, 0.15) is 20.7 Å². The molecular weight excluding hydrogens is 400 g/mol. The first-order chi connectivity index (χ1) is 15.0. The van der Waals surface area contributed by atoms with E-state index in [4.69, 9.17) is 14.2 Å². The molecule has 0 heterocycles. The van der Waals surface area contributed by atoms with E-state index in [2.05, 4.69) is 10.9 Å². The third-order valence-corrected chi connectivity index (χ3v) is 4.05. The molecule has 0 fully saturated rings. The fourth-order valence-corrected chi connectivity index (χ4v) is 2.50. The van der Waals surface area contributed by atoms with E-state index >= 15 is 0 Å². The van der Waals surface area contributed by atoms with Crippen molar-refractivity contribution in [1.29, 1.82) is 0 Å². The Morgan fingerprint density at radius 3 is 2.16 bits per heavy atom. The van der Waals surface area contributed by atoms with Gasteiger partial charge >= 0.3 is 5.97 Å². The van der Waals surface area contributed by atoms with Crippen LogP contribution < -0.4 is 20.3 Å². The number of amides is 2. The minimum atomic E-state index is -0.699. The Kier molecular flexibility index (Phi) is 7.21. The summed E-state index contributed by atoms with van der Waals surface area (Å²) >= 11 is 0. The van der Waals surface area contributed by atoms with Gasteiger partial charge in [-0.3, -0.25) is 20.4 Å². The highest BCUT2D eigenvalue weighted by molar-refractivity contribution is 5.96. The molecule has 3 aromatic rings. The standard InChI is InChI=1S/C23H20N2O6/c1-29-18-12-10-16(11-13-18)22(27)25-24-21(26)15-30-23(28)17-6-5-9-20(14-17)31-19-7-3-2-4-8-19/h2-14H,15H2,1H3,(H,24,26)(H,25,27). The van der Waals surface area contributed by atoms with E-state index in [0.29, 0.717) is 22.8 Å². The minimum Gasteiger partial charge on any atom is -0.497 e. The lowest BCUT2D eigenvalue weighted by Crippen LogP contribution is -2.43. The molecule has 0 spiro atoms. The van der Waals surface area contributed by atoms with Gasteiger partial charge in [0.2, 0.25) is 0 Å². The van der Waals surface area contributed by atoms with Gasteiger partial charge in [-0.2, -0.15) is 0 Å². The molecule has 2 N–H and O–H groups in total. The Balaban J connectivity index is 1.47. The van der Waals surface area contributed by atoms with E-state index in [1.807, 2.05) is 18.2 Å². The first-order valence-corrected chi connectivity index (χ1v) is 9.28. The van der Waals surface area contributed by atoms with E-state index < -0.39 is 24.4 Å². The Hall–Kier alpha value is -4.33. The molecule has 8 nitrogen and oxygen atoms in total. The summed E-state index contributed by atoms with van der Waals surface area (Å²) in [7, 11) is 1.52. The van der Waals surface area contributed by atoms with Gasteiger partial charge in [-0.15, -0.1) is 0 Å². The van der Waals surface area contributed by atoms with Crippen molar-refractivity contribution in [1.82, 2.24) is 10.9 Å². The average molecular weight is 420 g/mol. The summed E-state index contributed by atoms with van der Waals surface area (Å²) in [5.74, 6) is -0.224. The number of hydrogen-bond acceptors (Lipinski definition) is 6. The van der Waals surface area contributed by atoms with Crippen LogP contribution in [0, 0.1) is 0 Å². The summed E-state index contributed by atoms with van der Waals surface area (Å²) in [6.45, 7) is -0.564. The van der Waals surface area contributed by atoms with E-state index in [1.54, 1.807) is 54.6 Å². The van der Waals surface area contributed by atoms with Crippen molar-refractivity contribution in [3.8, 4) is 17.2 Å². The van der Waals surface area contributed by atoms with Crippen LogP contribution in [0.25, 0.3) is 0 Å². The fourth-order valence-electron chi connectivity index (χ4n) is 2.50. The van der Waals surface area contributed by atoms with E-state index in [0.717, 1.165) is 0 Å². The zero-order valence-electron chi connectivity index (χ0n) is 16.7. The fraction of sp³-hybridized carbons (Fsp3) is 0.0870. The van der Waals surface area contributed by atoms with Gasteiger partial charge in [0, 0.05) is 5.56 Å². The van der Waals surface area contributed by atoms with Crippen LogP contribution in [0.4, 0.5) is 0 Å². The smallest absolute Gasteiger partial charge is 0.338 e. The molecule has 31 heavy (non-hydrogen) atoms. The number of rotatable bonds is 7. The normalized spacial score (nSPS) is 9.97. The molecule has 0 saturated carbocycles. The van der Waals surface area contributed by atoms with E-state index in [1.165, 1.54) is 13.2 Å². The molecule has 0 saturated heterocycles. The van der Waals surface area contributed by atoms with Crippen molar-refractivity contribution in [2.45, 2.75) is 0 Å². The molecule has 3 rings (SSSR count). The Bertz CT molecular complexity index is 1050. The summed E-state index contributed by atoms with van der Waals surface area (Å²) in [6.07, 6.45) is 0. The van der Waals surface area contributed by atoms with Gasteiger partial charge in [-0.1, -0.05) is 24.3 Å². The molecule has 0 radical (unpaired) electrons. The number of methoxy groups -OCH3 is 1. The van der Waals surface area contributed by atoms with Crippen molar-refractivity contribution in [3.05, 3.63) is 90.0 Å². The first-order valence-electron chi connectivity index (χ1n) is 9.28. The molecular formula is C23H20N2O6. The summed E-state index contributed by atoms with van der Waals surface area (Å²) < 4.78 is 15.7. The number of esters is 1. The van der Waals surface area contributed by atoms with Crippen molar-refractivity contribution in [2.75, 3.05) is 13.7 Å². The van der Waals surface area contributed by atoms with Crippen LogP contribution in [-0.2, 0) is 9.53 Å². The number of para-hydroxylation sites is 1. The molecule has 0 bridgehead atoms. The highest BCUT2D eigenvalue weighted by Crippen LogP contribution is 2.22. The van der Waals surface area contributed by atoms with Crippen molar-refractivity contribution in [3.63, 3.8) is 0 Å². The van der Waals surface area contributed by atoms with Gasteiger partial charge in [0.15, 0.2) is 6.61 Å². The lowest BCUT2D eigenvalue weighted by Gasteiger charge is -2.09. The molecule has 3 aromatic carbocycles. The molecule has 8 heteroatoms. The molecule has 0 unspecified atom stereocenters. The quantitative estimate of drug-likeness (QED) is 0.450. The lowest BCUT2D eigenvalue weighted by molar-refractivity contribution is -0.125. The average Bonchev–Trinajstić information content (AvgIpc) is 2.82. The van der Waals surface area contributed by atoms with Crippen molar-refractivity contribution >= 4 is 17.8 Å². The first kappa shape index (κ1) is 21.4. The predicted octanol–water partition coefficient (Wildman–Crippen LogP) is 3.11. The molecule has 0 aliphatic carbocycles. The number of hydrazine groups is 1. The van der Waals surface area contributed by atoms with Gasteiger partial charge in [-0.05, 0) is 54.6 Å². The SMILES string of the molecule is COc1ccc(C(=O)NNC(=O)COC(=O)c2cccc(Oc3ccccc3)c2)cc1. The second-order valence-corrected chi connectivity index (χ2v) is 6.25. The second-order valence-electron chi connectivity index (χ2n) is 6.25. The summed E-state index contributed by atoms with van der Waals surface area (Å²) in [6, 6.07) is 21.8. The van der Waals surface area contributed by atoms with Crippen LogP contribution in [0.15, 0.2) is 78.9 Å². The maximum absolute atomic E-state index is 12.2. The zero-order chi connectivity index (χ0) is 22.1. The third kappa shape index (κ3) is 6.33. The van der Waals surface area contributed by atoms with E-state index in [9.17, 15) is 14.4 Å². The number of benzene rings is 3. The van der Waals surface area contributed by atoms with Gasteiger partial charge in [0.25, 0.3) is 11.8 Å². The van der Waals surface area contributed by atoms with Gasteiger partial charge < -0.3 is 14.2 Å². The van der Waals surface area contributed by atoms with Crippen molar-refractivity contribution in [2.24, 2.45) is 0 Å². The predicted molar refractivity (Wildman–Crippen MR) is 112 cm³/mol. The van der Waals surface area contributed by atoms with Crippen LogP contribution in [0.2, 0.25) is 0 Å². The molecule has 158 valence electrons. The topological polar surface area (TPSA) is 103 Å². The number of carbonyl (C=O) groups excluding carboxylic acids is 3. The summed E-state index contributed by atoms with van der Waals surface area (Å²) in [4.78, 5) is 36.1. The molecule has 0 aliphatic rings. The van der Waals surface area contributed by atoms with Gasteiger partial charge in [0.05, 0.1) is 12.7 Å². The highest BCUT2D eigenvalue weighted by atomic mass is 16.5. The summed E-state index contributed by atoms with van der Waals surface area (Å²) in [5, 5.41) is 0. The number of carbonyl (C=O) groups is 3. The Morgan fingerprint density at radius 2 is 1.45 bits per heavy atom. The largest absolute Gasteiger partial charge is 0.497 e. The minimum absolute atomic E-state index is 0.225. The van der Waals surface area contributed by atoms with Crippen LogP contribution in [0.3, 0.4) is 0 Å². The lowest BCUT2D eigenvalue weighted by atomic mass is 10.2. The number of nitrogens with one attached hydrogen (secondary N) is 2. The number of ether oxygens (including phenoxy) is 3. The maximum Gasteiger partial charge on any atom is 0.338 e. The molecule has 0 aliphatic heterocycles. The van der Waals surface area contributed by atoms with Crippen LogP contribution in [0.5, 0.6) is 17.2 Å². The second kappa shape index (κ2) is 10.4. The Morgan fingerprint density at radius 1 is 0.742 bits per heavy atom. The monoisotopic (exact) mass is 420 g/mol. The van der Waals surface area contributed by atoms with Crippen molar-refractivity contribution < 1.29 is 28.6 Å². The van der Waals surface area contributed by atoms with Gasteiger partial charge in [-0.25, -0.2) is 4.79 Å². The molecule has 2 amide bonds. The zero-order valence-corrected chi connectivity index (χ0v) is 16.7. The van der Waals surface area contributed by atoms with Crippen LogP contribution >= 0.6 is 0 Å². The Labute approximate surface area is 178 Å². The van der Waals surface area contributed by atoms with Gasteiger partial charge in [0.1, 0.15) is 17.2 Å². The summed E-state index contributed by atoms with van der Waals surface area (Å²) in [5.41, 5.74) is 4.99.